The molecule has 0 N–H and O–H groups in total. The van der Waals surface area contributed by atoms with Crippen molar-refractivity contribution in [2.45, 2.75) is 37.5 Å². The first-order valence-corrected chi connectivity index (χ1v) is 8.92. The highest BCUT2D eigenvalue weighted by molar-refractivity contribution is 7.89. The van der Waals surface area contributed by atoms with Gasteiger partial charge in [0.1, 0.15) is 0 Å². The molecule has 1 aromatic carbocycles. The van der Waals surface area contributed by atoms with Crippen LogP contribution in [0, 0.1) is 34.3 Å². The Kier molecular flexibility index (Phi) is 5.34. The molecule has 7 nitrogen and oxygen atoms in total. The van der Waals surface area contributed by atoms with Crippen LogP contribution in [0.15, 0.2) is 23.1 Å². The minimum atomic E-state index is -4.00. The highest BCUT2D eigenvalue weighted by Gasteiger charge is 2.34. The summed E-state index contributed by atoms with van der Waals surface area (Å²) in [6.07, 6.45) is 3.04. The second-order valence-electron chi connectivity index (χ2n) is 5.80. The quantitative estimate of drug-likeness (QED) is 0.562. The third-order valence-corrected chi connectivity index (χ3v) is 6.00. The van der Waals surface area contributed by atoms with Crippen molar-refractivity contribution in [1.29, 1.82) is 5.26 Å². The highest BCUT2D eigenvalue weighted by Crippen LogP contribution is 2.32. The molecular weight excluding hydrogens is 318 g/mol. The fourth-order valence-corrected chi connectivity index (χ4v) is 4.23. The van der Waals surface area contributed by atoms with Crippen LogP contribution < -0.4 is 0 Å². The molecule has 8 heteroatoms. The van der Waals surface area contributed by atoms with E-state index in [2.05, 4.69) is 0 Å². The fraction of sp³-hybridized carbons (Fsp3) is 0.533. The first-order chi connectivity index (χ1) is 10.9. The van der Waals surface area contributed by atoms with Gasteiger partial charge in [-0.3, -0.25) is 10.1 Å². The first kappa shape index (κ1) is 17.4. The van der Waals surface area contributed by atoms with Crippen LogP contribution in [0.3, 0.4) is 0 Å². The second kappa shape index (κ2) is 7.06. The fourth-order valence-electron chi connectivity index (χ4n) is 2.57. The number of rotatable bonds is 7. The number of benzene rings is 1. The van der Waals surface area contributed by atoms with Crippen LogP contribution in [-0.4, -0.2) is 30.7 Å². The molecule has 23 heavy (non-hydrogen) atoms. The van der Waals surface area contributed by atoms with E-state index in [0.29, 0.717) is 12.1 Å². The van der Waals surface area contributed by atoms with Crippen molar-refractivity contribution in [2.24, 2.45) is 5.92 Å². The molecule has 2 rings (SSSR count). The van der Waals surface area contributed by atoms with Gasteiger partial charge in [-0.05, 0) is 37.3 Å². The summed E-state index contributed by atoms with van der Waals surface area (Å²) in [5.41, 5.74) is 0.207. The summed E-state index contributed by atoms with van der Waals surface area (Å²) in [7, 11) is -4.00. The van der Waals surface area contributed by atoms with Crippen molar-refractivity contribution < 1.29 is 13.3 Å². The zero-order valence-electron chi connectivity index (χ0n) is 12.9. The highest BCUT2D eigenvalue weighted by atomic mass is 32.2. The standard InChI is InChI=1S/C15H19N3O4S/c1-12-6-7-15(14(10-12)18(19)20)23(21,22)17(9-3-8-16)11-13-4-2-5-13/h6-7,10,13H,2-5,9,11H2,1H3. The molecule has 0 atom stereocenters. The molecule has 1 aromatic rings. The van der Waals surface area contributed by atoms with Gasteiger partial charge >= 0.3 is 0 Å². The average Bonchev–Trinajstić information content (AvgIpc) is 2.44. The monoisotopic (exact) mass is 337 g/mol. The Morgan fingerprint density at radius 3 is 2.65 bits per heavy atom. The van der Waals surface area contributed by atoms with Crippen molar-refractivity contribution in [1.82, 2.24) is 4.31 Å². The molecule has 1 fully saturated rings. The van der Waals surface area contributed by atoms with E-state index in [4.69, 9.17) is 5.26 Å². The maximum Gasteiger partial charge on any atom is 0.289 e. The van der Waals surface area contributed by atoms with E-state index in [1.807, 2.05) is 6.07 Å². The second-order valence-corrected chi connectivity index (χ2v) is 7.70. The number of nitriles is 1. The maximum absolute atomic E-state index is 12.9. The molecule has 1 aliphatic rings. The Hall–Kier alpha value is -1.98. The van der Waals surface area contributed by atoms with Gasteiger partial charge in [-0.2, -0.15) is 9.57 Å². The molecule has 0 radical (unpaired) electrons. The van der Waals surface area contributed by atoms with E-state index in [9.17, 15) is 18.5 Å². The Morgan fingerprint density at radius 2 is 2.13 bits per heavy atom. The third kappa shape index (κ3) is 3.86. The van der Waals surface area contributed by atoms with Crippen LogP contribution in [0.1, 0.15) is 31.2 Å². The normalized spacial score (nSPS) is 15.2. The predicted octanol–water partition coefficient (Wildman–Crippen LogP) is 2.61. The van der Waals surface area contributed by atoms with E-state index in [-0.39, 0.29) is 23.8 Å². The summed E-state index contributed by atoms with van der Waals surface area (Å²) in [5.74, 6) is 0.271. The number of sulfonamides is 1. The Morgan fingerprint density at radius 1 is 1.43 bits per heavy atom. The largest absolute Gasteiger partial charge is 0.289 e. The van der Waals surface area contributed by atoms with E-state index in [0.717, 1.165) is 19.3 Å². The number of nitro benzene ring substituents is 1. The van der Waals surface area contributed by atoms with Gasteiger partial charge in [-0.25, -0.2) is 8.42 Å². The van der Waals surface area contributed by atoms with Crippen LogP contribution in [0.4, 0.5) is 5.69 Å². The molecule has 124 valence electrons. The summed E-state index contributed by atoms with van der Waals surface area (Å²) in [5, 5.41) is 20.0. The Balaban J connectivity index is 2.40. The smallest absolute Gasteiger partial charge is 0.258 e. The molecule has 1 aliphatic carbocycles. The van der Waals surface area contributed by atoms with Crippen molar-refractivity contribution in [2.75, 3.05) is 13.1 Å². The van der Waals surface area contributed by atoms with Crippen LogP contribution in [0.5, 0.6) is 0 Å². The Bertz CT molecular complexity index is 736. The lowest BCUT2D eigenvalue weighted by Crippen LogP contribution is -2.38. The van der Waals surface area contributed by atoms with Crippen molar-refractivity contribution >= 4 is 15.7 Å². The van der Waals surface area contributed by atoms with Gasteiger partial charge in [0, 0.05) is 25.6 Å². The molecular formula is C15H19N3O4S. The number of aryl methyl sites for hydroxylation is 1. The van der Waals surface area contributed by atoms with Crippen molar-refractivity contribution in [3.63, 3.8) is 0 Å². The van der Waals surface area contributed by atoms with Gasteiger partial charge in [-0.15, -0.1) is 0 Å². The molecule has 0 heterocycles. The lowest BCUT2D eigenvalue weighted by molar-refractivity contribution is -0.387. The van der Waals surface area contributed by atoms with Crippen LogP contribution in [-0.2, 0) is 10.0 Å². The third-order valence-electron chi connectivity index (χ3n) is 4.09. The summed E-state index contributed by atoms with van der Waals surface area (Å²) in [4.78, 5) is 10.2. The van der Waals surface area contributed by atoms with Crippen LogP contribution in [0.25, 0.3) is 0 Å². The molecule has 0 spiro atoms. The summed E-state index contributed by atoms with van der Waals surface area (Å²) < 4.78 is 26.9. The summed E-state index contributed by atoms with van der Waals surface area (Å²) >= 11 is 0. The van der Waals surface area contributed by atoms with Gasteiger partial charge in [0.2, 0.25) is 10.0 Å². The number of hydrogen-bond acceptors (Lipinski definition) is 5. The lowest BCUT2D eigenvalue weighted by Gasteiger charge is -2.31. The number of nitrogens with zero attached hydrogens (tertiary/aromatic N) is 3. The van der Waals surface area contributed by atoms with Gasteiger partial charge in [0.05, 0.1) is 11.0 Å². The molecule has 0 aromatic heterocycles. The summed E-state index contributed by atoms with van der Waals surface area (Å²) in [6, 6.07) is 6.03. The minimum absolute atomic E-state index is 0.0559. The van der Waals surface area contributed by atoms with Crippen molar-refractivity contribution in [3.8, 4) is 6.07 Å². The van der Waals surface area contributed by atoms with Crippen molar-refractivity contribution in [3.05, 3.63) is 33.9 Å². The molecule has 0 aliphatic heterocycles. The van der Waals surface area contributed by atoms with Gasteiger partial charge in [0.25, 0.3) is 5.69 Å². The maximum atomic E-state index is 12.9. The molecule has 0 saturated heterocycles. The average molecular weight is 337 g/mol. The van der Waals surface area contributed by atoms with E-state index in [1.165, 1.54) is 16.4 Å². The molecule has 0 unspecified atom stereocenters. The molecule has 1 saturated carbocycles. The number of nitro groups is 1. The van der Waals surface area contributed by atoms with E-state index >= 15 is 0 Å². The number of hydrogen-bond donors (Lipinski definition) is 0. The zero-order chi connectivity index (χ0) is 17.0. The van der Waals surface area contributed by atoms with E-state index < -0.39 is 20.6 Å². The lowest BCUT2D eigenvalue weighted by atomic mass is 9.85. The molecule has 0 bridgehead atoms. The van der Waals surface area contributed by atoms with Crippen LogP contribution in [0.2, 0.25) is 0 Å². The first-order valence-electron chi connectivity index (χ1n) is 7.48. The summed E-state index contributed by atoms with van der Waals surface area (Å²) in [6.45, 7) is 2.04. The van der Waals surface area contributed by atoms with Gasteiger partial charge in [0.15, 0.2) is 4.90 Å². The van der Waals surface area contributed by atoms with E-state index in [1.54, 1.807) is 13.0 Å². The molecule has 0 amide bonds. The SMILES string of the molecule is Cc1ccc(S(=O)(=O)N(CCC#N)CC2CCC2)c([N+](=O)[O-])c1. The van der Waals surface area contributed by atoms with Crippen LogP contribution >= 0.6 is 0 Å². The van der Waals surface area contributed by atoms with Gasteiger partial charge in [-0.1, -0.05) is 12.5 Å². The van der Waals surface area contributed by atoms with Gasteiger partial charge < -0.3 is 0 Å². The Labute approximate surface area is 135 Å². The predicted molar refractivity (Wildman–Crippen MR) is 84.2 cm³/mol. The zero-order valence-corrected chi connectivity index (χ0v) is 13.8. The topological polar surface area (TPSA) is 104 Å². The minimum Gasteiger partial charge on any atom is -0.258 e.